The fraction of sp³-hybridized carbons (Fsp3) is 0.632. The number of nitrogens with one attached hydrogen (secondary N) is 1. The van der Waals surface area contributed by atoms with Crippen molar-refractivity contribution < 1.29 is 13.2 Å². The van der Waals surface area contributed by atoms with Crippen molar-refractivity contribution in [3.8, 4) is 0 Å². The molecule has 1 N–H and O–H groups in total. The lowest BCUT2D eigenvalue weighted by molar-refractivity contribution is -0.127. The largest absolute Gasteiger partial charge is 0.353 e. The van der Waals surface area contributed by atoms with Crippen LogP contribution in [-0.2, 0) is 20.6 Å². The van der Waals surface area contributed by atoms with Gasteiger partial charge in [0.2, 0.25) is 15.9 Å². The van der Waals surface area contributed by atoms with Crippen LogP contribution in [0.5, 0.6) is 0 Å². The Morgan fingerprint density at radius 2 is 1.64 bits per heavy atom. The van der Waals surface area contributed by atoms with Gasteiger partial charge in [0.05, 0.1) is 5.75 Å². The molecule has 0 aliphatic carbocycles. The second kappa shape index (κ2) is 9.30. The van der Waals surface area contributed by atoms with Gasteiger partial charge in [0.25, 0.3) is 0 Å². The second-order valence-corrected chi connectivity index (χ2v) is 10.5. The molecule has 0 aromatic heterocycles. The highest BCUT2D eigenvalue weighted by molar-refractivity contribution is 7.88. The number of carbonyl (C=O) groups is 1. The van der Waals surface area contributed by atoms with Gasteiger partial charge in [-0.25, -0.2) is 12.7 Å². The molecule has 1 aromatic rings. The number of piperidine rings is 2. The van der Waals surface area contributed by atoms with Gasteiger partial charge in [-0.05, 0) is 58.0 Å². The molecular weight excluding hydrogens is 421 g/mol. The number of likely N-dealkylation sites (tertiary alicyclic amines) is 1. The van der Waals surface area contributed by atoms with Crippen LogP contribution >= 0.6 is 23.2 Å². The normalized spacial score (nSPS) is 21.0. The zero-order chi connectivity index (χ0) is 20.3. The molecule has 0 atom stereocenters. The summed E-state index contributed by atoms with van der Waals surface area (Å²) in [7, 11) is -1.45. The monoisotopic (exact) mass is 447 g/mol. The Bertz CT molecular complexity index is 782. The van der Waals surface area contributed by atoms with Crippen molar-refractivity contribution in [1.82, 2.24) is 14.5 Å². The molecule has 0 saturated carbocycles. The Labute approximate surface area is 177 Å². The van der Waals surface area contributed by atoms with Crippen molar-refractivity contribution in [1.29, 1.82) is 0 Å². The highest BCUT2D eigenvalue weighted by Crippen LogP contribution is 2.29. The molecule has 1 amide bonds. The topological polar surface area (TPSA) is 69.7 Å². The number of rotatable bonds is 5. The summed E-state index contributed by atoms with van der Waals surface area (Å²) in [5, 5.41) is 3.85. The Hall–Kier alpha value is -0.860. The number of hydrogen-bond donors (Lipinski definition) is 1. The Balaban J connectivity index is 1.53. The summed E-state index contributed by atoms with van der Waals surface area (Å²) in [6.07, 6.45) is 3.00. The summed E-state index contributed by atoms with van der Waals surface area (Å²) in [6, 6.07) is 5.19. The number of amides is 1. The zero-order valence-corrected chi connectivity index (χ0v) is 18.4. The molecule has 3 rings (SSSR count). The van der Waals surface area contributed by atoms with E-state index in [1.165, 1.54) is 4.31 Å². The van der Waals surface area contributed by atoms with Gasteiger partial charge >= 0.3 is 0 Å². The third kappa shape index (κ3) is 5.39. The van der Waals surface area contributed by atoms with E-state index in [-0.39, 0.29) is 23.6 Å². The summed E-state index contributed by atoms with van der Waals surface area (Å²) >= 11 is 12.2. The van der Waals surface area contributed by atoms with Gasteiger partial charge in [-0.2, -0.15) is 0 Å². The molecule has 2 fully saturated rings. The number of hydrogen-bond acceptors (Lipinski definition) is 4. The predicted octanol–water partition coefficient (Wildman–Crippen LogP) is 2.75. The first-order chi connectivity index (χ1) is 13.3. The molecule has 1 aromatic carbocycles. The smallest absolute Gasteiger partial charge is 0.223 e. The molecule has 2 aliphatic rings. The first-order valence-electron chi connectivity index (χ1n) is 9.66. The Kier molecular flexibility index (Phi) is 7.26. The lowest BCUT2D eigenvalue weighted by Crippen LogP contribution is -2.48. The summed E-state index contributed by atoms with van der Waals surface area (Å²) in [5.41, 5.74) is 0.424. The molecule has 6 nitrogen and oxygen atoms in total. The molecule has 2 heterocycles. The molecule has 2 saturated heterocycles. The summed E-state index contributed by atoms with van der Waals surface area (Å²) < 4.78 is 27.0. The molecule has 9 heteroatoms. The number of carbonyl (C=O) groups excluding carboxylic acids is 1. The molecule has 156 valence electrons. The van der Waals surface area contributed by atoms with Crippen LogP contribution in [0.15, 0.2) is 18.2 Å². The molecule has 0 spiro atoms. The average Bonchev–Trinajstić information content (AvgIpc) is 2.67. The number of nitrogens with zero attached hydrogens (tertiary/aromatic N) is 2. The first-order valence-corrected chi connectivity index (χ1v) is 12.0. The van der Waals surface area contributed by atoms with Gasteiger partial charge in [0.15, 0.2) is 0 Å². The fourth-order valence-electron chi connectivity index (χ4n) is 3.81. The molecule has 0 bridgehead atoms. The van der Waals surface area contributed by atoms with Crippen molar-refractivity contribution in [2.45, 2.75) is 37.5 Å². The van der Waals surface area contributed by atoms with Gasteiger partial charge in [0, 0.05) is 40.7 Å². The van der Waals surface area contributed by atoms with E-state index in [4.69, 9.17) is 23.2 Å². The fourth-order valence-corrected chi connectivity index (χ4v) is 6.13. The molecule has 0 unspecified atom stereocenters. The quantitative estimate of drug-likeness (QED) is 0.752. The lowest BCUT2D eigenvalue weighted by Gasteiger charge is -2.33. The van der Waals surface area contributed by atoms with E-state index < -0.39 is 10.0 Å². The van der Waals surface area contributed by atoms with E-state index in [2.05, 4.69) is 17.3 Å². The Morgan fingerprint density at radius 3 is 2.21 bits per heavy atom. The standard InChI is InChI=1S/C19H27Cl2N3O3S/c1-23-9-7-15(8-10-23)22-19(25)14-5-11-24(12-6-14)28(26,27)13-16-17(20)3-2-4-18(16)21/h2-4,14-15H,5-13H2,1H3,(H,22,25). The maximum atomic E-state index is 12.8. The minimum absolute atomic E-state index is 0.0562. The van der Waals surface area contributed by atoms with Gasteiger partial charge in [-0.1, -0.05) is 29.3 Å². The maximum absolute atomic E-state index is 12.8. The molecular formula is C19H27Cl2N3O3S. The predicted molar refractivity (Wildman–Crippen MR) is 112 cm³/mol. The van der Waals surface area contributed by atoms with E-state index in [0.29, 0.717) is 41.5 Å². The maximum Gasteiger partial charge on any atom is 0.223 e. The SMILES string of the molecule is CN1CCC(NC(=O)C2CCN(S(=O)(=O)Cc3c(Cl)cccc3Cl)CC2)CC1. The van der Waals surface area contributed by atoms with Crippen molar-refractivity contribution in [3.05, 3.63) is 33.8 Å². The Morgan fingerprint density at radius 1 is 1.07 bits per heavy atom. The van der Waals surface area contributed by atoms with Crippen LogP contribution < -0.4 is 5.32 Å². The highest BCUT2D eigenvalue weighted by atomic mass is 35.5. The van der Waals surface area contributed by atoms with E-state index >= 15 is 0 Å². The third-order valence-electron chi connectivity index (χ3n) is 5.67. The summed E-state index contributed by atoms with van der Waals surface area (Å²) in [4.78, 5) is 14.8. The zero-order valence-electron chi connectivity index (χ0n) is 16.0. The van der Waals surface area contributed by atoms with E-state index in [1.54, 1.807) is 18.2 Å². The van der Waals surface area contributed by atoms with Crippen molar-refractivity contribution in [3.63, 3.8) is 0 Å². The van der Waals surface area contributed by atoms with Gasteiger partial charge in [-0.15, -0.1) is 0 Å². The van der Waals surface area contributed by atoms with E-state index in [1.807, 2.05) is 0 Å². The lowest BCUT2D eigenvalue weighted by atomic mass is 9.96. The summed E-state index contributed by atoms with van der Waals surface area (Å²) in [5.74, 6) is -0.298. The van der Waals surface area contributed by atoms with Crippen LogP contribution in [0, 0.1) is 5.92 Å². The van der Waals surface area contributed by atoms with Crippen LogP contribution in [-0.4, -0.2) is 62.8 Å². The van der Waals surface area contributed by atoms with Crippen molar-refractivity contribution >= 4 is 39.1 Å². The van der Waals surface area contributed by atoms with Crippen molar-refractivity contribution in [2.24, 2.45) is 5.92 Å². The van der Waals surface area contributed by atoms with Crippen molar-refractivity contribution in [2.75, 3.05) is 33.2 Å². The van der Waals surface area contributed by atoms with Crippen LogP contribution in [0.4, 0.5) is 0 Å². The van der Waals surface area contributed by atoms with Crippen LogP contribution in [0.1, 0.15) is 31.2 Å². The number of sulfonamides is 1. The van der Waals surface area contributed by atoms with Crippen LogP contribution in [0.2, 0.25) is 10.0 Å². The van der Waals surface area contributed by atoms with Gasteiger partial charge in [-0.3, -0.25) is 4.79 Å². The second-order valence-electron chi connectivity index (χ2n) is 7.72. The number of benzene rings is 1. The molecule has 0 radical (unpaired) electrons. The third-order valence-corrected chi connectivity index (χ3v) is 8.19. The average molecular weight is 448 g/mol. The summed E-state index contributed by atoms with van der Waals surface area (Å²) in [6.45, 7) is 2.67. The first kappa shape index (κ1) is 21.8. The highest BCUT2D eigenvalue weighted by Gasteiger charge is 2.32. The van der Waals surface area contributed by atoms with Gasteiger partial charge < -0.3 is 10.2 Å². The van der Waals surface area contributed by atoms with E-state index in [0.717, 1.165) is 25.9 Å². The van der Waals surface area contributed by atoms with Crippen LogP contribution in [0.25, 0.3) is 0 Å². The molecule has 28 heavy (non-hydrogen) atoms. The minimum atomic E-state index is -3.54. The molecule has 2 aliphatic heterocycles. The van der Waals surface area contributed by atoms with Gasteiger partial charge in [0.1, 0.15) is 0 Å². The van der Waals surface area contributed by atoms with Crippen LogP contribution in [0.3, 0.4) is 0 Å². The van der Waals surface area contributed by atoms with E-state index in [9.17, 15) is 13.2 Å². The minimum Gasteiger partial charge on any atom is -0.353 e. The number of halogens is 2.